The highest BCUT2D eigenvalue weighted by atomic mass is 32.2. The van der Waals surface area contributed by atoms with E-state index in [0.717, 1.165) is 13.0 Å². The minimum Gasteiger partial charge on any atom is -0.324 e. The Hall–Kier alpha value is -0.220. The zero-order valence-corrected chi connectivity index (χ0v) is 14.2. The van der Waals surface area contributed by atoms with Gasteiger partial charge in [-0.1, -0.05) is 40.0 Å². The summed E-state index contributed by atoms with van der Waals surface area (Å²) in [5, 5.41) is 4.19. The third-order valence-corrected chi connectivity index (χ3v) is 6.10. The summed E-state index contributed by atoms with van der Waals surface area (Å²) >= 11 is 1.85. The third kappa shape index (κ3) is 3.33. The van der Waals surface area contributed by atoms with Crippen LogP contribution >= 0.6 is 11.8 Å². The number of hydrogen-bond acceptors (Lipinski definition) is 3. The van der Waals surface area contributed by atoms with Crippen LogP contribution < -0.4 is 5.32 Å². The van der Waals surface area contributed by atoms with Crippen molar-refractivity contribution in [1.82, 2.24) is 10.2 Å². The Bertz CT molecular complexity index is 330. The standard InChI is InChI=1S/C16H30N2OS/c1-5-11(2)14-16(19)18(10-12(3)20-4)15(17-14)13-8-6-7-9-13/h11-15,17H,5-10H2,1-4H3. The van der Waals surface area contributed by atoms with E-state index < -0.39 is 0 Å². The largest absolute Gasteiger partial charge is 0.324 e. The summed E-state index contributed by atoms with van der Waals surface area (Å²) < 4.78 is 0. The van der Waals surface area contributed by atoms with Crippen LogP contribution in [-0.4, -0.2) is 41.1 Å². The Morgan fingerprint density at radius 1 is 1.35 bits per heavy atom. The van der Waals surface area contributed by atoms with Gasteiger partial charge in [0.1, 0.15) is 0 Å². The van der Waals surface area contributed by atoms with Crippen molar-refractivity contribution in [1.29, 1.82) is 0 Å². The molecule has 1 heterocycles. The molecule has 0 spiro atoms. The Labute approximate surface area is 128 Å². The molecule has 0 aromatic heterocycles. The highest BCUT2D eigenvalue weighted by Crippen LogP contribution is 2.34. The molecule has 1 aliphatic heterocycles. The molecule has 1 saturated carbocycles. The lowest BCUT2D eigenvalue weighted by Gasteiger charge is -2.30. The van der Waals surface area contributed by atoms with Crippen molar-refractivity contribution in [3.8, 4) is 0 Å². The molecular formula is C16H30N2OS. The van der Waals surface area contributed by atoms with Crippen molar-refractivity contribution in [2.75, 3.05) is 12.8 Å². The van der Waals surface area contributed by atoms with E-state index in [9.17, 15) is 4.79 Å². The molecular weight excluding hydrogens is 268 g/mol. The number of thioether (sulfide) groups is 1. The van der Waals surface area contributed by atoms with Crippen molar-refractivity contribution in [2.45, 2.75) is 70.3 Å². The summed E-state index contributed by atoms with van der Waals surface area (Å²) in [4.78, 5) is 14.9. The molecule has 1 saturated heterocycles. The first-order valence-electron chi connectivity index (χ1n) is 8.17. The number of amides is 1. The summed E-state index contributed by atoms with van der Waals surface area (Å²) in [6.45, 7) is 7.49. The summed E-state index contributed by atoms with van der Waals surface area (Å²) in [6.07, 6.45) is 8.71. The van der Waals surface area contributed by atoms with Crippen molar-refractivity contribution in [3.05, 3.63) is 0 Å². The van der Waals surface area contributed by atoms with Gasteiger partial charge in [-0.05, 0) is 30.9 Å². The first-order valence-corrected chi connectivity index (χ1v) is 9.46. The Morgan fingerprint density at radius 3 is 2.55 bits per heavy atom. The number of rotatable bonds is 6. The molecule has 4 atom stereocenters. The van der Waals surface area contributed by atoms with Crippen LogP contribution in [0, 0.1) is 11.8 Å². The fourth-order valence-corrected chi connectivity index (χ4v) is 3.83. The van der Waals surface area contributed by atoms with Gasteiger partial charge in [0.25, 0.3) is 0 Å². The van der Waals surface area contributed by atoms with Crippen LogP contribution in [0.15, 0.2) is 0 Å². The van der Waals surface area contributed by atoms with Gasteiger partial charge in [0.15, 0.2) is 0 Å². The number of carbonyl (C=O) groups excluding carboxylic acids is 1. The van der Waals surface area contributed by atoms with Gasteiger partial charge in [-0.3, -0.25) is 10.1 Å². The minimum atomic E-state index is 0.0413. The van der Waals surface area contributed by atoms with Crippen LogP contribution in [-0.2, 0) is 4.79 Å². The quantitative estimate of drug-likeness (QED) is 0.818. The fourth-order valence-electron chi connectivity index (χ4n) is 3.52. The molecule has 1 N–H and O–H groups in total. The van der Waals surface area contributed by atoms with Crippen molar-refractivity contribution >= 4 is 17.7 Å². The predicted octanol–water partition coefficient (Wildman–Crippen LogP) is 3.10. The molecule has 2 rings (SSSR count). The average Bonchev–Trinajstić information content (AvgIpc) is 3.07. The molecule has 3 nitrogen and oxygen atoms in total. The van der Waals surface area contributed by atoms with Crippen molar-refractivity contribution in [2.24, 2.45) is 11.8 Å². The van der Waals surface area contributed by atoms with Crippen molar-refractivity contribution < 1.29 is 4.79 Å². The topological polar surface area (TPSA) is 32.3 Å². The first-order chi connectivity index (χ1) is 9.58. The van der Waals surface area contributed by atoms with Crippen LogP contribution in [0.3, 0.4) is 0 Å². The van der Waals surface area contributed by atoms with Gasteiger partial charge in [0, 0.05) is 11.8 Å². The van der Waals surface area contributed by atoms with E-state index >= 15 is 0 Å². The molecule has 4 heteroatoms. The maximum absolute atomic E-state index is 12.8. The molecule has 0 aromatic carbocycles. The molecule has 0 bridgehead atoms. The van der Waals surface area contributed by atoms with E-state index in [-0.39, 0.29) is 6.04 Å². The van der Waals surface area contributed by atoms with Gasteiger partial charge < -0.3 is 4.90 Å². The molecule has 2 aliphatic rings. The Kier molecular flexibility index (Phi) is 5.79. The predicted molar refractivity (Wildman–Crippen MR) is 86.8 cm³/mol. The molecule has 1 amide bonds. The molecule has 0 aromatic rings. The second kappa shape index (κ2) is 7.17. The number of nitrogens with zero attached hydrogens (tertiary/aromatic N) is 1. The number of hydrogen-bond donors (Lipinski definition) is 1. The highest BCUT2D eigenvalue weighted by Gasteiger charge is 2.44. The van der Waals surface area contributed by atoms with Crippen LogP contribution in [0.4, 0.5) is 0 Å². The van der Waals surface area contributed by atoms with Gasteiger partial charge in [0.2, 0.25) is 5.91 Å². The smallest absolute Gasteiger partial charge is 0.241 e. The highest BCUT2D eigenvalue weighted by molar-refractivity contribution is 7.99. The van der Waals surface area contributed by atoms with Gasteiger partial charge in [0.05, 0.1) is 12.2 Å². The average molecular weight is 298 g/mol. The SMILES string of the molecule is CCC(C)C1NC(C2CCCC2)N(CC(C)SC)C1=O. The summed E-state index contributed by atoms with van der Waals surface area (Å²) in [5.41, 5.74) is 0. The van der Waals surface area contributed by atoms with E-state index in [2.05, 4.69) is 37.2 Å². The lowest BCUT2D eigenvalue weighted by molar-refractivity contribution is -0.131. The van der Waals surface area contributed by atoms with Gasteiger partial charge >= 0.3 is 0 Å². The van der Waals surface area contributed by atoms with E-state index in [0.29, 0.717) is 29.2 Å². The molecule has 116 valence electrons. The Balaban J connectivity index is 2.11. The number of nitrogens with one attached hydrogen (secondary N) is 1. The monoisotopic (exact) mass is 298 g/mol. The van der Waals surface area contributed by atoms with E-state index in [1.807, 2.05) is 11.8 Å². The van der Waals surface area contributed by atoms with E-state index in [4.69, 9.17) is 0 Å². The van der Waals surface area contributed by atoms with E-state index in [1.165, 1.54) is 25.7 Å². The van der Waals surface area contributed by atoms with Gasteiger partial charge in [-0.2, -0.15) is 11.8 Å². The van der Waals surface area contributed by atoms with Crippen LogP contribution in [0.5, 0.6) is 0 Å². The van der Waals surface area contributed by atoms with Crippen molar-refractivity contribution in [3.63, 3.8) is 0 Å². The van der Waals surface area contributed by atoms with Crippen LogP contribution in [0.1, 0.15) is 52.9 Å². The normalized spacial score (nSPS) is 31.0. The van der Waals surface area contributed by atoms with E-state index in [1.54, 1.807) is 0 Å². The minimum absolute atomic E-state index is 0.0413. The zero-order valence-electron chi connectivity index (χ0n) is 13.4. The lowest BCUT2D eigenvalue weighted by atomic mass is 9.99. The Morgan fingerprint density at radius 2 is 2.00 bits per heavy atom. The van der Waals surface area contributed by atoms with Gasteiger partial charge in [-0.25, -0.2) is 0 Å². The van der Waals surface area contributed by atoms with Crippen LogP contribution in [0.25, 0.3) is 0 Å². The maximum atomic E-state index is 12.8. The molecule has 4 unspecified atom stereocenters. The first kappa shape index (κ1) is 16.2. The third-order valence-electron chi connectivity index (χ3n) is 5.15. The summed E-state index contributed by atoms with van der Waals surface area (Å²) in [5.74, 6) is 1.44. The summed E-state index contributed by atoms with van der Waals surface area (Å²) in [6, 6.07) is 0.0413. The molecule has 2 fully saturated rings. The van der Waals surface area contributed by atoms with Gasteiger partial charge in [-0.15, -0.1) is 0 Å². The summed E-state index contributed by atoms with van der Waals surface area (Å²) in [7, 11) is 0. The second-order valence-electron chi connectivity index (χ2n) is 6.56. The maximum Gasteiger partial charge on any atom is 0.241 e. The molecule has 20 heavy (non-hydrogen) atoms. The second-order valence-corrected chi connectivity index (χ2v) is 7.83. The molecule has 0 radical (unpaired) electrons. The molecule has 1 aliphatic carbocycles. The lowest BCUT2D eigenvalue weighted by Crippen LogP contribution is -2.45. The fraction of sp³-hybridized carbons (Fsp3) is 0.938. The van der Waals surface area contributed by atoms with Crippen LogP contribution in [0.2, 0.25) is 0 Å². The zero-order chi connectivity index (χ0) is 14.7. The number of carbonyl (C=O) groups is 1.